The summed E-state index contributed by atoms with van der Waals surface area (Å²) in [5, 5.41) is 7.51. The second-order valence-corrected chi connectivity index (χ2v) is 7.86. The number of anilines is 1. The number of nitrogens with one attached hydrogen (secondary N) is 1. The molecular weight excluding hydrogens is 400 g/mol. The number of carbonyl (C=O) groups excluding carboxylic acids is 2. The number of amides is 1. The Morgan fingerprint density at radius 3 is 2.62 bits per heavy atom. The maximum atomic E-state index is 12.0. The van der Waals surface area contributed by atoms with Gasteiger partial charge in [-0.15, -0.1) is 11.8 Å². The molecule has 0 unspecified atom stereocenters. The van der Waals surface area contributed by atoms with Crippen molar-refractivity contribution < 1.29 is 22.7 Å². The van der Waals surface area contributed by atoms with E-state index in [2.05, 4.69) is 5.32 Å². The molecule has 0 bridgehead atoms. The van der Waals surface area contributed by atoms with Crippen molar-refractivity contribution in [2.75, 3.05) is 18.2 Å². The average molecular weight is 415 g/mol. The fourth-order valence-electron chi connectivity index (χ4n) is 1.96. The molecule has 0 aliphatic carbocycles. The van der Waals surface area contributed by atoms with E-state index in [1.54, 1.807) is 18.2 Å². The van der Waals surface area contributed by atoms with Crippen molar-refractivity contribution in [1.82, 2.24) is 0 Å². The molecule has 0 atom stereocenters. The zero-order chi connectivity index (χ0) is 19.3. The first kappa shape index (κ1) is 20.2. The zero-order valence-electron chi connectivity index (χ0n) is 13.6. The summed E-state index contributed by atoms with van der Waals surface area (Å²) >= 11 is 7.27. The second kappa shape index (κ2) is 8.54. The van der Waals surface area contributed by atoms with Gasteiger partial charge in [0.05, 0.1) is 10.6 Å². The Morgan fingerprint density at radius 1 is 1.23 bits per heavy atom. The van der Waals surface area contributed by atoms with Crippen LogP contribution in [-0.4, -0.2) is 33.2 Å². The number of hydrogen-bond donors (Lipinski definition) is 2. The number of nitrogens with two attached hydrogens (primary N) is 1. The van der Waals surface area contributed by atoms with Gasteiger partial charge in [0.2, 0.25) is 10.0 Å². The average Bonchev–Trinajstić information content (AvgIpc) is 2.59. The molecule has 1 amide bonds. The summed E-state index contributed by atoms with van der Waals surface area (Å²) < 4.78 is 27.7. The first-order valence-electron chi connectivity index (χ1n) is 7.14. The highest BCUT2D eigenvalue weighted by Crippen LogP contribution is 2.22. The van der Waals surface area contributed by atoms with E-state index < -0.39 is 33.4 Å². The lowest BCUT2D eigenvalue weighted by molar-refractivity contribution is -0.119. The van der Waals surface area contributed by atoms with Crippen LogP contribution in [0, 0.1) is 0 Å². The van der Waals surface area contributed by atoms with Crippen LogP contribution in [0.1, 0.15) is 10.4 Å². The van der Waals surface area contributed by atoms with Crippen LogP contribution in [0.5, 0.6) is 0 Å². The predicted molar refractivity (Wildman–Crippen MR) is 100.0 cm³/mol. The van der Waals surface area contributed by atoms with Gasteiger partial charge in [-0.3, -0.25) is 4.79 Å². The number of halogens is 1. The fraction of sp³-hybridized carbons (Fsp3) is 0.125. The van der Waals surface area contributed by atoms with Crippen LogP contribution in [0.3, 0.4) is 0 Å². The topological polar surface area (TPSA) is 116 Å². The van der Waals surface area contributed by atoms with Gasteiger partial charge in [-0.1, -0.05) is 17.7 Å². The van der Waals surface area contributed by atoms with Crippen LogP contribution in [0.15, 0.2) is 52.3 Å². The Hall–Kier alpha value is -2.07. The quantitative estimate of drug-likeness (QED) is 0.554. The van der Waals surface area contributed by atoms with E-state index >= 15 is 0 Å². The number of thioether (sulfide) groups is 1. The van der Waals surface area contributed by atoms with Gasteiger partial charge >= 0.3 is 5.97 Å². The SMILES string of the molecule is CSc1cccc(NC(=O)COC(=O)c2ccc(Cl)c(S(N)(=O)=O)c2)c1. The number of esters is 1. The van der Waals surface area contributed by atoms with Gasteiger partial charge in [-0.25, -0.2) is 18.4 Å². The fourth-order valence-corrected chi connectivity index (χ4v) is 3.49. The van der Waals surface area contributed by atoms with Crippen molar-refractivity contribution in [1.29, 1.82) is 0 Å². The number of hydrogen-bond acceptors (Lipinski definition) is 6. The third-order valence-electron chi connectivity index (χ3n) is 3.16. The summed E-state index contributed by atoms with van der Waals surface area (Å²) in [6.07, 6.45) is 1.91. The normalized spacial score (nSPS) is 11.0. The Morgan fingerprint density at radius 2 is 1.96 bits per heavy atom. The van der Waals surface area contributed by atoms with Gasteiger partial charge in [-0.2, -0.15) is 0 Å². The lowest BCUT2D eigenvalue weighted by atomic mass is 10.2. The van der Waals surface area contributed by atoms with Crippen LogP contribution in [0.25, 0.3) is 0 Å². The van der Waals surface area contributed by atoms with Crippen LogP contribution in [0.4, 0.5) is 5.69 Å². The smallest absolute Gasteiger partial charge is 0.338 e. The van der Waals surface area contributed by atoms with Crippen molar-refractivity contribution >= 4 is 50.9 Å². The first-order valence-corrected chi connectivity index (χ1v) is 10.3. The summed E-state index contributed by atoms with van der Waals surface area (Å²) in [4.78, 5) is 24.5. The van der Waals surface area contributed by atoms with Gasteiger partial charge in [0.15, 0.2) is 6.61 Å². The highest BCUT2D eigenvalue weighted by atomic mass is 35.5. The van der Waals surface area contributed by atoms with E-state index in [4.69, 9.17) is 21.5 Å². The molecule has 10 heteroatoms. The standard InChI is InChI=1S/C16H15ClN2O5S2/c1-25-12-4-2-3-11(8-12)19-15(20)9-24-16(21)10-5-6-13(17)14(7-10)26(18,22)23/h2-8H,9H2,1H3,(H,19,20)(H2,18,22,23). The molecular formula is C16H15ClN2O5S2. The van der Waals surface area contributed by atoms with Crippen LogP contribution in [0.2, 0.25) is 5.02 Å². The van der Waals surface area contributed by atoms with Gasteiger partial charge in [0.25, 0.3) is 5.91 Å². The van der Waals surface area contributed by atoms with E-state index in [0.717, 1.165) is 11.0 Å². The van der Waals surface area contributed by atoms with Gasteiger partial charge in [0.1, 0.15) is 4.90 Å². The van der Waals surface area contributed by atoms with E-state index in [0.29, 0.717) is 5.69 Å². The number of ether oxygens (including phenoxy) is 1. The molecule has 2 aromatic carbocycles. The Kier molecular flexibility index (Phi) is 6.65. The van der Waals surface area contributed by atoms with Crippen molar-refractivity contribution in [2.24, 2.45) is 5.14 Å². The van der Waals surface area contributed by atoms with E-state index in [9.17, 15) is 18.0 Å². The molecule has 26 heavy (non-hydrogen) atoms. The van der Waals surface area contributed by atoms with E-state index in [1.165, 1.54) is 23.9 Å². The summed E-state index contributed by atoms with van der Waals surface area (Å²) in [5.74, 6) is -1.41. The summed E-state index contributed by atoms with van der Waals surface area (Å²) in [6.45, 7) is -0.532. The molecule has 7 nitrogen and oxygen atoms in total. The van der Waals surface area contributed by atoms with Crippen molar-refractivity contribution in [3.05, 3.63) is 53.1 Å². The van der Waals surface area contributed by atoms with Gasteiger partial charge in [0, 0.05) is 10.6 Å². The number of carbonyl (C=O) groups is 2. The van der Waals surface area contributed by atoms with Crippen molar-refractivity contribution in [2.45, 2.75) is 9.79 Å². The number of sulfonamides is 1. The van der Waals surface area contributed by atoms with Crippen LogP contribution in [-0.2, 0) is 19.6 Å². The molecule has 0 radical (unpaired) electrons. The highest BCUT2D eigenvalue weighted by Gasteiger charge is 2.18. The molecule has 0 saturated heterocycles. The predicted octanol–water partition coefficient (Wildman–Crippen LogP) is 2.50. The Labute approximate surface area is 159 Å². The van der Waals surface area contributed by atoms with E-state index in [1.807, 2.05) is 12.3 Å². The Balaban J connectivity index is 2.01. The Bertz CT molecular complexity index is 947. The minimum atomic E-state index is -4.09. The number of rotatable bonds is 6. The van der Waals surface area contributed by atoms with Crippen molar-refractivity contribution in [3.63, 3.8) is 0 Å². The van der Waals surface area contributed by atoms with Crippen LogP contribution < -0.4 is 10.5 Å². The molecule has 2 rings (SSSR count). The number of benzene rings is 2. The largest absolute Gasteiger partial charge is 0.452 e. The second-order valence-electron chi connectivity index (χ2n) is 5.05. The molecule has 3 N–H and O–H groups in total. The zero-order valence-corrected chi connectivity index (χ0v) is 16.0. The van der Waals surface area contributed by atoms with E-state index in [-0.39, 0.29) is 10.6 Å². The third-order valence-corrected chi connectivity index (χ3v) is 5.28. The molecule has 2 aromatic rings. The van der Waals surface area contributed by atoms with Crippen LogP contribution >= 0.6 is 23.4 Å². The maximum Gasteiger partial charge on any atom is 0.338 e. The summed E-state index contributed by atoms with van der Waals surface area (Å²) in [7, 11) is -4.09. The first-order chi connectivity index (χ1) is 12.2. The summed E-state index contributed by atoms with van der Waals surface area (Å²) in [6, 6.07) is 10.7. The van der Waals surface area contributed by atoms with Gasteiger partial charge in [-0.05, 0) is 42.7 Å². The van der Waals surface area contributed by atoms with Gasteiger partial charge < -0.3 is 10.1 Å². The highest BCUT2D eigenvalue weighted by molar-refractivity contribution is 7.98. The molecule has 0 heterocycles. The molecule has 0 aliphatic rings. The maximum absolute atomic E-state index is 12.0. The number of primary sulfonamides is 1. The molecule has 0 aliphatic heterocycles. The molecule has 0 fully saturated rings. The minimum Gasteiger partial charge on any atom is -0.452 e. The molecule has 0 saturated carbocycles. The summed E-state index contributed by atoms with van der Waals surface area (Å²) in [5.41, 5.74) is 0.483. The lowest BCUT2D eigenvalue weighted by Gasteiger charge is -2.08. The molecule has 0 spiro atoms. The third kappa shape index (κ3) is 5.46. The van der Waals surface area contributed by atoms with Crippen molar-refractivity contribution in [3.8, 4) is 0 Å². The lowest BCUT2D eigenvalue weighted by Crippen LogP contribution is -2.21. The monoisotopic (exact) mass is 414 g/mol. The minimum absolute atomic E-state index is 0.0874. The molecule has 138 valence electrons. The molecule has 0 aromatic heterocycles.